The number of carbonyl (C=O) groups excluding carboxylic acids is 1. The first-order valence-electron chi connectivity index (χ1n) is 8.07. The lowest BCUT2D eigenvalue weighted by Gasteiger charge is -2.16. The summed E-state index contributed by atoms with van der Waals surface area (Å²) in [6, 6.07) is 10.0. The molecule has 128 valence electrons. The number of hydrogen-bond donors (Lipinski definition) is 0. The number of rotatable bonds is 6. The van der Waals surface area contributed by atoms with Crippen LogP contribution in [0.3, 0.4) is 0 Å². The summed E-state index contributed by atoms with van der Waals surface area (Å²) in [5.74, 6) is 0.00288. The van der Waals surface area contributed by atoms with E-state index in [4.69, 9.17) is 0 Å². The smallest absolute Gasteiger partial charge is 0.246 e. The minimum Gasteiger partial charge on any atom is -0.338 e. The van der Waals surface area contributed by atoms with Gasteiger partial charge in [0.1, 0.15) is 0 Å². The van der Waals surface area contributed by atoms with E-state index in [2.05, 4.69) is 5.10 Å². The Balaban J connectivity index is 2.14. The second-order valence-electron chi connectivity index (χ2n) is 6.26. The minimum atomic E-state index is 0.00288. The summed E-state index contributed by atoms with van der Waals surface area (Å²) in [7, 11) is 5.77. The van der Waals surface area contributed by atoms with Gasteiger partial charge in [0.15, 0.2) is 0 Å². The van der Waals surface area contributed by atoms with E-state index in [9.17, 15) is 4.79 Å². The maximum atomic E-state index is 12.2. The van der Waals surface area contributed by atoms with Gasteiger partial charge in [0.2, 0.25) is 5.91 Å². The Bertz CT molecular complexity index is 716. The third-order valence-corrected chi connectivity index (χ3v) is 3.94. The molecule has 0 saturated carbocycles. The largest absolute Gasteiger partial charge is 0.338 e. The van der Waals surface area contributed by atoms with Crippen LogP contribution < -0.4 is 0 Å². The molecule has 0 aliphatic heterocycles. The number of nitrogens with zero attached hydrogens (tertiary/aromatic N) is 4. The first-order valence-corrected chi connectivity index (χ1v) is 8.07. The van der Waals surface area contributed by atoms with Gasteiger partial charge in [0.25, 0.3) is 0 Å². The SMILES string of the molecule is Cc1nn(-c2ccccc2)c(C)c1CN(C)C(=O)/C=C/CN(C)C. The van der Waals surface area contributed by atoms with Gasteiger partial charge in [-0.1, -0.05) is 24.3 Å². The summed E-state index contributed by atoms with van der Waals surface area (Å²) in [5.41, 5.74) is 4.14. The summed E-state index contributed by atoms with van der Waals surface area (Å²) in [4.78, 5) is 16.0. The fourth-order valence-electron chi connectivity index (χ4n) is 2.53. The zero-order valence-corrected chi connectivity index (χ0v) is 15.2. The molecule has 1 aromatic heterocycles. The zero-order valence-electron chi connectivity index (χ0n) is 15.2. The molecule has 2 aromatic rings. The van der Waals surface area contributed by atoms with Crippen molar-refractivity contribution in [3.05, 3.63) is 59.4 Å². The van der Waals surface area contributed by atoms with Gasteiger partial charge in [-0.05, 0) is 40.1 Å². The van der Waals surface area contributed by atoms with E-state index in [0.29, 0.717) is 6.54 Å². The molecule has 0 aliphatic carbocycles. The van der Waals surface area contributed by atoms with Crippen LogP contribution in [0.15, 0.2) is 42.5 Å². The lowest BCUT2D eigenvalue weighted by atomic mass is 10.2. The standard InChI is InChI=1S/C19H26N4O/c1-15-18(14-22(5)19(24)12-9-13-21(3)4)16(2)23(20-15)17-10-7-6-8-11-17/h6-12H,13-14H2,1-5H3/b12-9+. The highest BCUT2D eigenvalue weighted by Gasteiger charge is 2.16. The molecule has 0 spiro atoms. The first-order chi connectivity index (χ1) is 11.4. The van der Waals surface area contributed by atoms with E-state index in [1.54, 1.807) is 11.0 Å². The number of aryl methyl sites for hydroxylation is 1. The molecule has 0 radical (unpaired) electrons. The molecule has 0 fully saturated rings. The first kappa shape index (κ1) is 17.9. The summed E-state index contributed by atoms with van der Waals surface area (Å²) in [5, 5.41) is 4.63. The maximum Gasteiger partial charge on any atom is 0.246 e. The third-order valence-electron chi connectivity index (χ3n) is 3.94. The van der Waals surface area contributed by atoms with Gasteiger partial charge in [-0.2, -0.15) is 5.10 Å². The van der Waals surface area contributed by atoms with Crippen LogP contribution in [0.2, 0.25) is 0 Å². The van der Waals surface area contributed by atoms with Crippen molar-refractivity contribution in [3.63, 3.8) is 0 Å². The summed E-state index contributed by atoms with van der Waals surface area (Å²) in [6.45, 7) is 5.34. The van der Waals surface area contributed by atoms with Crippen LogP contribution in [0.25, 0.3) is 5.69 Å². The molecule has 0 atom stereocenters. The van der Waals surface area contributed by atoms with E-state index < -0.39 is 0 Å². The van der Waals surface area contributed by atoms with Gasteiger partial charge in [-0.3, -0.25) is 4.79 Å². The fraction of sp³-hybridized carbons (Fsp3) is 0.368. The highest BCUT2D eigenvalue weighted by molar-refractivity contribution is 5.87. The Morgan fingerprint density at radius 2 is 1.83 bits per heavy atom. The summed E-state index contributed by atoms with van der Waals surface area (Å²) >= 11 is 0. The predicted molar refractivity (Wildman–Crippen MR) is 97.2 cm³/mol. The summed E-state index contributed by atoms with van der Waals surface area (Å²) in [6.07, 6.45) is 3.51. The maximum absolute atomic E-state index is 12.2. The molecular weight excluding hydrogens is 300 g/mol. The van der Waals surface area contributed by atoms with Crippen LogP contribution in [0.5, 0.6) is 0 Å². The average molecular weight is 326 g/mol. The van der Waals surface area contributed by atoms with Crippen LogP contribution in [0, 0.1) is 13.8 Å². The second-order valence-corrected chi connectivity index (χ2v) is 6.26. The molecule has 24 heavy (non-hydrogen) atoms. The number of hydrogen-bond acceptors (Lipinski definition) is 3. The molecule has 0 saturated heterocycles. The normalized spacial score (nSPS) is 11.4. The van der Waals surface area contributed by atoms with Crippen LogP contribution in [0.1, 0.15) is 17.0 Å². The van der Waals surface area contributed by atoms with Crippen molar-refractivity contribution >= 4 is 5.91 Å². The Hall–Kier alpha value is -2.40. The van der Waals surface area contributed by atoms with Gasteiger partial charge >= 0.3 is 0 Å². The van der Waals surface area contributed by atoms with Crippen LogP contribution >= 0.6 is 0 Å². The molecule has 0 unspecified atom stereocenters. The second kappa shape index (κ2) is 7.93. The van der Waals surface area contributed by atoms with Crippen LogP contribution in [-0.2, 0) is 11.3 Å². The molecule has 1 aromatic carbocycles. The Labute approximate surface area is 144 Å². The van der Waals surface area contributed by atoms with E-state index in [1.807, 2.05) is 81.0 Å². The van der Waals surface area contributed by atoms with Gasteiger partial charge in [-0.15, -0.1) is 0 Å². The number of likely N-dealkylation sites (N-methyl/N-ethyl adjacent to an activating group) is 2. The molecule has 1 amide bonds. The van der Waals surface area contributed by atoms with Crippen LogP contribution in [0.4, 0.5) is 0 Å². The molecule has 0 bridgehead atoms. The van der Waals surface area contributed by atoms with Crippen molar-refractivity contribution in [1.29, 1.82) is 0 Å². The molecule has 5 heteroatoms. The topological polar surface area (TPSA) is 41.4 Å². The molecule has 0 N–H and O–H groups in total. The number of para-hydroxylation sites is 1. The molecule has 2 rings (SSSR count). The van der Waals surface area contributed by atoms with Crippen molar-refractivity contribution in [3.8, 4) is 5.69 Å². The quantitative estimate of drug-likeness (QED) is 0.766. The van der Waals surface area contributed by atoms with E-state index in [-0.39, 0.29) is 5.91 Å². The average Bonchev–Trinajstić information content (AvgIpc) is 2.83. The molecule has 5 nitrogen and oxygen atoms in total. The number of carbonyl (C=O) groups is 1. The minimum absolute atomic E-state index is 0.00288. The van der Waals surface area contributed by atoms with Gasteiger partial charge in [0.05, 0.1) is 11.4 Å². The third kappa shape index (κ3) is 4.32. The van der Waals surface area contributed by atoms with Crippen molar-refractivity contribution in [1.82, 2.24) is 19.6 Å². The molecular formula is C19H26N4O. The number of aromatic nitrogens is 2. The van der Waals surface area contributed by atoms with Gasteiger partial charge in [-0.25, -0.2) is 4.68 Å². The van der Waals surface area contributed by atoms with Crippen LogP contribution in [-0.4, -0.2) is 53.2 Å². The van der Waals surface area contributed by atoms with Crippen molar-refractivity contribution in [2.75, 3.05) is 27.7 Å². The predicted octanol–water partition coefficient (Wildman–Crippen LogP) is 2.57. The highest BCUT2D eigenvalue weighted by atomic mass is 16.2. The highest BCUT2D eigenvalue weighted by Crippen LogP contribution is 2.19. The Morgan fingerprint density at radius 1 is 1.17 bits per heavy atom. The van der Waals surface area contributed by atoms with Crippen molar-refractivity contribution in [2.45, 2.75) is 20.4 Å². The van der Waals surface area contributed by atoms with Crippen molar-refractivity contribution in [2.24, 2.45) is 0 Å². The summed E-state index contributed by atoms with van der Waals surface area (Å²) < 4.78 is 1.94. The molecule has 1 heterocycles. The Morgan fingerprint density at radius 3 is 2.46 bits per heavy atom. The fourth-order valence-corrected chi connectivity index (χ4v) is 2.53. The van der Waals surface area contributed by atoms with Crippen molar-refractivity contribution < 1.29 is 4.79 Å². The lowest BCUT2D eigenvalue weighted by Crippen LogP contribution is -2.25. The number of benzene rings is 1. The van der Waals surface area contributed by atoms with E-state index >= 15 is 0 Å². The van der Waals surface area contributed by atoms with E-state index in [1.165, 1.54) is 0 Å². The lowest BCUT2D eigenvalue weighted by molar-refractivity contribution is -0.125. The Kier molecular flexibility index (Phi) is 5.93. The monoisotopic (exact) mass is 326 g/mol. The molecule has 0 aliphatic rings. The van der Waals surface area contributed by atoms with E-state index in [0.717, 1.165) is 29.2 Å². The zero-order chi connectivity index (χ0) is 17.7. The van der Waals surface area contributed by atoms with Gasteiger partial charge in [0, 0.05) is 37.5 Å². The number of amides is 1. The van der Waals surface area contributed by atoms with Gasteiger partial charge < -0.3 is 9.80 Å².